The Morgan fingerprint density at radius 3 is 2.92 bits per heavy atom. The summed E-state index contributed by atoms with van der Waals surface area (Å²) < 4.78 is 0. The van der Waals surface area contributed by atoms with Gasteiger partial charge in [0, 0.05) is 16.6 Å². The lowest BCUT2D eigenvalue weighted by Crippen LogP contribution is -2.00. The third-order valence-electron chi connectivity index (χ3n) is 3.03. The molecule has 1 N–H and O–H groups in total. The summed E-state index contributed by atoms with van der Waals surface area (Å²) in [6.45, 7) is 4.39. The molecular formula is C11H16OS. The number of aliphatic hydroxyl groups is 1. The van der Waals surface area contributed by atoms with Gasteiger partial charge in [-0.05, 0) is 24.8 Å². The summed E-state index contributed by atoms with van der Waals surface area (Å²) >= 11 is 1.90. The molecule has 1 nitrogen and oxygen atoms in total. The summed E-state index contributed by atoms with van der Waals surface area (Å²) in [5, 5.41) is 9.70. The van der Waals surface area contributed by atoms with Crippen molar-refractivity contribution < 1.29 is 5.11 Å². The first kappa shape index (κ1) is 9.20. The van der Waals surface area contributed by atoms with Crippen molar-refractivity contribution >= 4 is 11.8 Å². The minimum absolute atomic E-state index is 0.346. The number of allylic oxidation sites excluding steroid dienone is 3. The Bertz CT molecular complexity index is 278. The minimum atomic E-state index is 0.346. The largest absolute Gasteiger partial charge is 0.512 e. The van der Waals surface area contributed by atoms with Crippen molar-refractivity contribution in [3.05, 3.63) is 22.3 Å². The molecule has 1 aliphatic carbocycles. The molecule has 1 unspecified atom stereocenters. The van der Waals surface area contributed by atoms with Crippen LogP contribution in [0.15, 0.2) is 22.3 Å². The Labute approximate surface area is 83.9 Å². The maximum atomic E-state index is 9.70. The maximum Gasteiger partial charge on any atom is 0.0961 e. The van der Waals surface area contributed by atoms with Gasteiger partial charge in [-0.25, -0.2) is 0 Å². The molecule has 2 aliphatic rings. The van der Waals surface area contributed by atoms with Gasteiger partial charge in [-0.2, -0.15) is 0 Å². The van der Waals surface area contributed by atoms with Crippen LogP contribution < -0.4 is 0 Å². The van der Waals surface area contributed by atoms with E-state index in [-0.39, 0.29) is 0 Å². The summed E-state index contributed by atoms with van der Waals surface area (Å²) in [6.07, 6.45) is 4.26. The van der Waals surface area contributed by atoms with Crippen LogP contribution in [0.1, 0.15) is 26.7 Å². The van der Waals surface area contributed by atoms with Gasteiger partial charge in [0.1, 0.15) is 0 Å². The highest BCUT2D eigenvalue weighted by Gasteiger charge is 2.25. The van der Waals surface area contributed by atoms with Crippen molar-refractivity contribution in [1.29, 1.82) is 0 Å². The molecule has 0 aromatic heterocycles. The third-order valence-corrected chi connectivity index (χ3v) is 4.39. The van der Waals surface area contributed by atoms with Crippen LogP contribution in [0.5, 0.6) is 0 Å². The first-order chi connectivity index (χ1) is 6.18. The minimum Gasteiger partial charge on any atom is -0.512 e. The molecule has 0 amide bonds. The summed E-state index contributed by atoms with van der Waals surface area (Å²) in [4.78, 5) is 1.34. The first-order valence-corrected chi connectivity index (χ1v) is 5.93. The highest BCUT2D eigenvalue weighted by Crippen LogP contribution is 2.42. The van der Waals surface area contributed by atoms with E-state index < -0.39 is 0 Å². The van der Waals surface area contributed by atoms with Crippen molar-refractivity contribution in [2.45, 2.75) is 26.7 Å². The van der Waals surface area contributed by atoms with E-state index in [1.165, 1.54) is 17.1 Å². The molecule has 0 aromatic carbocycles. The molecule has 0 aromatic rings. The van der Waals surface area contributed by atoms with E-state index in [1.54, 1.807) is 5.57 Å². The summed E-state index contributed by atoms with van der Waals surface area (Å²) in [5.74, 6) is 2.84. The van der Waals surface area contributed by atoms with Crippen LogP contribution in [0, 0.1) is 11.8 Å². The van der Waals surface area contributed by atoms with Crippen molar-refractivity contribution in [3.8, 4) is 0 Å². The number of rotatable bonds is 0. The molecule has 13 heavy (non-hydrogen) atoms. The van der Waals surface area contributed by atoms with Crippen LogP contribution in [-0.4, -0.2) is 10.9 Å². The van der Waals surface area contributed by atoms with E-state index in [0.29, 0.717) is 17.6 Å². The van der Waals surface area contributed by atoms with Gasteiger partial charge in [0.25, 0.3) is 0 Å². The second kappa shape index (κ2) is 3.41. The fourth-order valence-corrected chi connectivity index (χ4v) is 3.27. The first-order valence-electron chi connectivity index (χ1n) is 4.95. The predicted molar refractivity (Wildman–Crippen MR) is 57.8 cm³/mol. The molecule has 0 spiro atoms. The molecule has 0 radical (unpaired) electrons. The standard InChI is InChI=1S/C11H16OS/c1-7-3-4-9-8(2)6-13-11(9)5-10(7)12/h5,7-8,12H,3-4,6H2,1-2H3/t7-,8?/m0/s1. The average molecular weight is 196 g/mol. The Morgan fingerprint density at radius 1 is 1.38 bits per heavy atom. The summed E-state index contributed by atoms with van der Waals surface area (Å²) in [6, 6.07) is 0. The molecule has 0 bridgehead atoms. The van der Waals surface area contributed by atoms with Crippen LogP contribution >= 0.6 is 11.8 Å². The van der Waals surface area contributed by atoms with Gasteiger partial charge in [-0.1, -0.05) is 19.4 Å². The highest BCUT2D eigenvalue weighted by molar-refractivity contribution is 8.03. The Hall–Kier alpha value is -0.370. The topological polar surface area (TPSA) is 20.2 Å². The molecule has 2 heteroatoms. The lowest BCUT2D eigenvalue weighted by atomic mass is 9.96. The molecule has 1 heterocycles. The lowest BCUT2D eigenvalue weighted by Gasteiger charge is -2.10. The van der Waals surface area contributed by atoms with Crippen LogP contribution in [-0.2, 0) is 0 Å². The van der Waals surface area contributed by atoms with Gasteiger partial charge in [0.2, 0.25) is 0 Å². The third kappa shape index (κ3) is 1.64. The van der Waals surface area contributed by atoms with Crippen LogP contribution in [0.4, 0.5) is 0 Å². The second-order valence-corrected chi connectivity index (χ2v) is 5.17. The summed E-state index contributed by atoms with van der Waals surface area (Å²) in [7, 11) is 0. The average Bonchev–Trinajstić information content (AvgIpc) is 2.36. The molecule has 2 atom stereocenters. The number of thioether (sulfide) groups is 1. The molecule has 1 aliphatic heterocycles. The van der Waals surface area contributed by atoms with Crippen LogP contribution in [0.3, 0.4) is 0 Å². The van der Waals surface area contributed by atoms with Gasteiger partial charge in [0.15, 0.2) is 0 Å². The Morgan fingerprint density at radius 2 is 2.15 bits per heavy atom. The SMILES string of the molecule is CC1CSC2=C1CC[C@H](C)C(O)=C2. The van der Waals surface area contributed by atoms with E-state index in [9.17, 15) is 5.11 Å². The Balaban J connectivity index is 2.29. The number of aliphatic hydroxyl groups excluding tert-OH is 1. The van der Waals surface area contributed by atoms with Crippen LogP contribution in [0.2, 0.25) is 0 Å². The normalized spacial score (nSPS) is 34.2. The Kier molecular flexibility index (Phi) is 2.41. The van der Waals surface area contributed by atoms with E-state index in [0.717, 1.165) is 6.42 Å². The second-order valence-electron chi connectivity index (χ2n) is 4.11. The molecular weight excluding hydrogens is 180 g/mol. The van der Waals surface area contributed by atoms with Crippen molar-refractivity contribution in [2.75, 3.05) is 5.75 Å². The van der Waals surface area contributed by atoms with Gasteiger partial charge in [0.05, 0.1) is 5.76 Å². The van der Waals surface area contributed by atoms with Crippen LogP contribution in [0.25, 0.3) is 0 Å². The van der Waals surface area contributed by atoms with Crippen molar-refractivity contribution in [3.63, 3.8) is 0 Å². The smallest absolute Gasteiger partial charge is 0.0961 e. The fourth-order valence-electron chi connectivity index (χ4n) is 1.95. The highest BCUT2D eigenvalue weighted by atomic mass is 32.2. The zero-order valence-corrected chi connectivity index (χ0v) is 9.03. The monoisotopic (exact) mass is 196 g/mol. The fraction of sp³-hybridized carbons (Fsp3) is 0.636. The quantitative estimate of drug-likeness (QED) is 0.640. The van der Waals surface area contributed by atoms with Gasteiger partial charge < -0.3 is 5.11 Å². The van der Waals surface area contributed by atoms with Crippen molar-refractivity contribution in [2.24, 2.45) is 11.8 Å². The maximum absolute atomic E-state index is 9.70. The number of hydrogen-bond acceptors (Lipinski definition) is 2. The lowest BCUT2D eigenvalue weighted by molar-refractivity contribution is 0.332. The van der Waals surface area contributed by atoms with E-state index in [4.69, 9.17) is 0 Å². The van der Waals surface area contributed by atoms with Gasteiger partial charge in [-0.15, -0.1) is 11.8 Å². The predicted octanol–water partition coefficient (Wildman–Crippen LogP) is 3.50. The van der Waals surface area contributed by atoms with E-state index >= 15 is 0 Å². The van der Waals surface area contributed by atoms with Crippen molar-refractivity contribution in [1.82, 2.24) is 0 Å². The molecule has 0 saturated carbocycles. The zero-order chi connectivity index (χ0) is 9.42. The molecule has 0 fully saturated rings. The number of hydrogen-bond donors (Lipinski definition) is 1. The van der Waals surface area contributed by atoms with Gasteiger partial charge in [-0.3, -0.25) is 0 Å². The van der Waals surface area contributed by atoms with Gasteiger partial charge >= 0.3 is 0 Å². The zero-order valence-electron chi connectivity index (χ0n) is 8.21. The molecule has 0 saturated heterocycles. The van der Waals surface area contributed by atoms with E-state index in [2.05, 4.69) is 13.8 Å². The molecule has 2 rings (SSSR count). The molecule has 72 valence electrons. The summed E-state index contributed by atoms with van der Waals surface area (Å²) in [5.41, 5.74) is 1.57. The van der Waals surface area contributed by atoms with E-state index in [1.807, 2.05) is 17.8 Å².